The molecule has 2 nitrogen and oxygen atoms in total. The van der Waals surface area contributed by atoms with Gasteiger partial charge in [-0.25, -0.2) is 0 Å². The summed E-state index contributed by atoms with van der Waals surface area (Å²) >= 11 is 0. The molecule has 0 bridgehead atoms. The largest absolute Gasteiger partial charge is 0.299 e. The number of hydrogen-bond acceptors (Lipinski definition) is 2. The van der Waals surface area contributed by atoms with Gasteiger partial charge in [0.1, 0.15) is 11.6 Å². The molecule has 0 saturated heterocycles. The number of hydrogen-bond donors (Lipinski definition) is 0. The van der Waals surface area contributed by atoms with Crippen LogP contribution in [0.1, 0.15) is 37.2 Å². The molecule has 0 aliphatic heterocycles. The van der Waals surface area contributed by atoms with Crippen molar-refractivity contribution in [3.05, 3.63) is 35.9 Å². The van der Waals surface area contributed by atoms with E-state index in [-0.39, 0.29) is 17.5 Å². The average Bonchev–Trinajstić information content (AvgIpc) is 3.09. The molecule has 1 spiro atoms. The van der Waals surface area contributed by atoms with E-state index < -0.39 is 5.41 Å². The normalized spacial score (nSPS) is 23.8. The molecule has 0 heterocycles. The average molecular weight is 214 g/mol. The van der Waals surface area contributed by atoms with Crippen molar-refractivity contribution in [3.63, 3.8) is 0 Å². The van der Waals surface area contributed by atoms with Crippen molar-refractivity contribution < 1.29 is 9.59 Å². The predicted octanol–water partition coefficient (Wildman–Crippen LogP) is 2.48. The molecule has 0 amide bonds. The lowest BCUT2D eigenvalue weighted by Gasteiger charge is -2.26. The highest BCUT2D eigenvalue weighted by molar-refractivity contribution is 6.12. The predicted molar refractivity (Wildman–Crippen MR) is 60.1 cm³/mol. The maximum absolute atomic E-state index is 12.0. The first-order valence-electron chi connectivity index (χ1n) is 5.84. The zero-order chi connectivity index (χ0) is 11.2. The summed E-state index contributed by atoms with van der Waals surface area (Å²) in [5, 5.41) is 0. The highest BCUT2D eigenvalue weighted by Gasteiger charge is 2.58. The van der Waals surface area contributed by atoms with Crippen molar-refractivity contribution in [2.45, 2.75) is 31.6 Å². The standard InChI is InChI=1S/C14H14O2/c15-12-8-11(10-4-2-1-3-5-10)9-13(16)14(12)6-7-14/h1-5,11H,6-9H2. The molecule has 82 valence electrons. The molecule has 2 heteroatoms. The highest BCUT2D eigenvalue weighted by Crippen LogP contribution is 2.53. The van der Waals surface area contributed by atoms with Crippen molar-refractivity contribution in [3.8, 4) is 0 Å². The number of Topliss-reactive ketones (excluding diaryl/α,β-unsaturated/α-hetero) is 2. The lowest BCUT2D eigenvalue weighted by Crippen LogP contribution is -2.34. The van der Waals surface area contributed by atoms with E-state index >= 15 is 0 Å². The van der Waals surface area contributed by atoms with Crippen LogP contribution in [0.25, 0.3) is 0 Å². The molecule has 3 rings (SSSR count). The minimum absolute atomic E-state index is 0.118. The van der Waals surface area contributed by atoms with Gasteiger partial charge in [0, 0.05) is 12.8 Å². The van der Waals surface area contributed by atoms with E-state index in [9.17, 15) is 9.59 Å². The maximum Gasteiger partial charge on any atom is 0.147 e. The fourth-order valence-electron chi connectivity index (χ4n) is 2.71. The number of ketones is 2. The topological polar surface area (TPSA) is 34.1 Å². The minimum Gasteiger partial charge on any atom is -0.299 e. The Hall–Kier alpha value is -1.44. The first-order chi connectivity index (χ1) is 7.72. The second kappa shape index (κ2) is 3.27. The summed E-state index contributed by atoms with van der Waals surface area (Å²) in [6.45, 7) is 0. The molecule has 2 aliphatic carbocycles. The molecule has 2 fully saturated rings. The molecular formula is C14H14O2. The molecule has 16 heavy (non-hydrogen) atoms. The third-order valence-electron chi connectivity index (χ3n) is 3.95. The van der Waals surface area contributed by atoms with Gasteiger partial charge in [0.05, 0.1) is 5.41 Å². The van der Waals surface area contributed by atoms with Crippen LogP contribution in [0.15, 0.2) is 30.3 Å². The highest BCUT2D eigenvalue weighted by atomic mass is 16.2. The second-order valence-electron chi connectivity index (χ2n) is 4.94. The quantitative estimate of drug-likeness (QED) is 0.673. The lowest BCUT2D eigenvalue weighted by atomic mass is 9.75. The van der Waals surface area contributed by atoms with Gasteiger partial charge in [-0.2, -0.15) is 0 Å². The van der Waals surface area contributed by atoms with Crippen LogP contribution in [0.2, 0.25) is 0 Å². The van der Waals surface area contributed by atoms with Gasteiger partial charge in [0.25, 0.3) is 0 Å². The zero-order valence-corrected chi connectivity index (χ0v) is 9.11. The SMILES string of the molecule is O=C1CC(c2ccccc2)CC(=O)C12CC2. The minimum atomic E-state index is -0.523. The van der Waals surface area contributed by atoms with E-state index in [1.807, 2.05) is 30.3 Å². The van der Waals surface area contributed by atoms with Crippen molar-refractivity contribution in [1.82, 2.24) is 0 Å². The van der Waals surface area contributed by atoms with Crippen molar-refractivity contribution in [2.75, 3.05) is 0 Å². The molecule has 1 aromatic carbocycles. The summed E-state index contributed by atoms with van der Waals surface area (Å²) in [5.74, 6) is 0.475. The summed E-state index contributed by atoms with van der Waals surface area (Å²) in [6.07, 6.45) is 2.70. The van der Waals surface area contributed by atoms with E-state index in [1.54, 1.807) is 0 Å². The van der Waals surface area contributed by atoms with E-state index in [0.29, 0.717) is 12.8 Å². The Morgan fingerprint density at radius 1 is 0.938 bits per heavy atom. The van der Waals surface area contributed by atoms with Gasteiger partial charge >= 0.3 is 0 Å². The van der Waals surface area contributed by atoms with Gasteiger partial charge in [-0.3, -0.25) is 9.59 Å². The van der Waals surface area contributed by atoms with Gasteiger partial charge in [-0.05, 0) is 24.3 Å². The third kappa shape index (κ3) is 1.33. The smallest absolute Gasteiger partial charge is 0.147 e. The molecule has 0 N–H and O–H groups in total. The summed E-state index contributed by atoms with van der Waals surface area (Å²) in [6, 6.07) is 9.90. The van der Waals surface area contributed by atoms with Crippen LogP contribution in [0.3, 0.4) is 0 Å². The molecule has 0 atom stereocenters. The lowest BCUT2D eigenvalue weighted by molar-refractivity contribution is -0.138. The Kier molecular flexibility index (Phi) is 2.00. The van der Waals surface area contributed by atoms with Crippen molar-refractivity contribution >= 4 is 11.6 Å². The van der Waals surface area contributed by atoms with E-state index in [2.05, 4.69) is 0 Å². The Labute approximate surface area is 94.7 Å². The van der Waals surface area contributed by atoms with E-state index in [4.69, 9.17) is 0 Å². The summed E-state index contributed by atoms with van der Waals surface area (Å²) in [5.41, 5.74) is 0.602. The molecule has 0 unspecified atom stereocenters. The summed E-state index contributed by atoms with van der Waals surface area (Å²) in [4.78, 5) is 23.9. The summed E-state index contributed by atoms with van der Waals surface area (Å²) in [7, 11) is 0. The monoisotopic (exact) mass is 214 g/mol. The van der Waals surface area contributed by atoms with Crippen LogP contribution in [-0.4, -0.2) is 11.6 Å². The van der Waals surface area contributed by atoms with Gasteiger partial charge in [-0.15, -0.1) is 0 Å². The zero-order valence-electron chi connectivity index (χ0n) is 9.11. The third-order valence-corrected chi connectivity index (χ3v) is 3.95. The Morgan fingerprint density at radius 2 is 1.50 bits per heavy atom. The molecule has 0 radical (unpaired) electrons. The summed E-state index contributed by atoms with van der Waals surface area (Å²) < 4.78 is 0. The van der Waals surface area contributed by atoms with E-state index in [1.165, 1.54) is 0 Å². The Balaban J connectivity index is 1.86. The van der Waals surface area contributed by atoms with Crippen molar-refractivity contribution in [2.24, 2.45) is 5.41 Å². The number of rotatable bonds is 1. The van der Waals surface area contributed by atoms with Crippen LogP contribution < -0.4 is 0 Å². The first-order valence-corrected chi connectivity index (χ1v) is 5.84. The Morgan fingerprint density at radius 3 is 2.00 bits per heavy atom. The maximum atomic E-state index is 12.0. The van der Waals surface area contributed by atoms with Gasteiger partial charge in [-0.1, -0.05) is 30.3 Å². The number of carbonyl (C=O) groups excluding carboxylic acids is 2. The van der Waals surface area contributed by atoms with Crippen LogP contribution in [0.5, 0.6) is 0 Å². The van der Waals surface area contributed by atoms with Gasteiger partial charge in [0.15, 0.2) is 0 Å². The van der Waals surface area contributed by atoms with Gasteiger partial charge < -0.3 is 0 Å². The number of carbonyl (C=O) groups is 2. The van der Waals surface area contributed by atoms with Crippen LogP contribution in [0.4, 0.5) is 0 Å². The first kappa shape index (κ1) is 9.76. The van der Waals surface area contributed by atoms with Crippen LogP contribution >= 0.6 is 0 Å². The molecule has 1 aromatic rings. The molecular weight excluding hydrogens is 200 g/mol. The van der Waals surface area contributed by atoms with Gasteiger partial charge in [0.2, 0.25) is 0 Å². The molecule has 2 aliphatic rings. The molecule has 2 saturated carbocycles. The van der Waals surface area contributed by atoms with Crippen LogP contribution in [-0.2, 0) is 9.59 Å². The number of benzene rings is 1. The molecule has 0 aromatic heterocycles. The van der Waals surface area contributed by atoms with E-state index in [0.717, 1.165) is 18.4 Å². The van der Waals surface area contributed by atoms with Crippen molar-refractivity contribution in [1.29, 1.82) is 0 Å². The Bertz CT molecular complexity index is 423. The van der Waals surface area contributed by atoms with Crippen LogP contribution in [0, 0.1) is 5.41 Å². The fraction of sp³-hybridized carbons (Fsp3) is 0.429. The second-order valence-corrected chi connectivity index (χ2v) is 4.94. The fourth-order valence-corrected chi connectivity index (χ4v) is 2.71.